The van der Waals surface area contributed by atoms with Gasteiger partial charge in [-0.15, -0.1) is 0 Å². The zero-order valence-corrected chi connectivity index (χ0v) is 28.1. The molecule has 0 aromatic carbocycles. The number of nitrogens with one attached hydrogen (secondary N) is 5. The molecule has 47 heavy (non-hydrogen) atoms. The summed E-state index contributed by atoms with van der Waals surface area (Å²) in [5.74, 6) is -4.85. The van der Waals surface area contributed by atoms with Crippen molar-refractivity contribution in [1.29, 1.82) is 0 Å². The van der Waals surface area contributed by atoms with Crippen molar-refractivity contribution < 1.29 is 38.3 Å². The Kier molecular flexibility index (Phi) is 17.6. The van der Waals surface area contributed by atoms with Gasteiger partial charge in [-0.1, -0.05) is 48.0 Å². The lowest BCUT2D eigenvalue weighted by atomic mass is 9.96. The highest BCUT2D eigenvalue weighted by molar-refractivity contribution is 5.97. The van der Waals surface area contributed by atoms with Gasteiger partial charge >= 0.3 is 5.97 Å². The lowest BCUT2D eigenvalue weighted by molar-refractivity contribution is -0.142. The number of hydrogen-bond donors (Lipinski definition) is 8. The van der Waals surface area contributed by atoms with Crippen molar-refractivity contribution in [2.24, 2.45) is 34.2 Å². The zero-order valence-electron chi connectivity index (χ0n) is 28.1. The molecule has 16 nitrogen and oxygen atoms in total. The number of nitrogens with two attached hydrogens (primary N) is 2. The predicted molar refractivity (Wildman–Crippen MR) is 175 cm³/mol. The minimum Gasteiger partial charge on any atom is -0.480 e. The normalized spacial score (nSPS) is 14.2. The molecule has 16 heteroatoms. The molecular weight excluding hydrogens is 612 g/mol. The van der Waals surface area contributed by atoms with Crippen molar-refractivity contribution in [2.45, 2.75) is 97.8 Å². The summed E-state index contributed by atoms with van der Waals surface area (Å²) in [4.78, 5) is 80.7. The van der Waals surface area contributed by atoms with E-state index in [1.807, 2.05) is 34.6 Å². The van der Waals surface area contributed by atoms with Crippen LogP contribution in [0.1, 0.15) is 84.2 Å². The second-order valence-electron chi connectivity index (χ2n) is 12.3. The molecule has 0 unspecified atom stereocenters. The molecule has 10 N–H and O–H groups in total. The number of aliphatic carboxylic acids is 1. The summed E-state index contributed by atoms with van der Waals surface area (Å²) < 4.78 is 5.12. The highest BCUT2D eigenvalue weighted by Gasteiger charge is 2.32. The minimum absolute atomic E-state index is 0.0200. The summed E-state index contributed by atoms with van der Waals surface area (Å²) in [6.07, 6.45) is 2.70. The fraction of sp³-hybridized carbons (Fsp3) is 0.645. The van der Waals surface area contributed by atoms with Crippen molar-refractivity contribution in [3.8, 4) is 0 Å². The summed E-state index contributed by atoms with van der Waals surface area (Å²) in [6, 6.07) is -1.29. The summed E-state index contributed by atoms with van der Waals surface area (Å²) >= 11 is 0. The van der Waals surface area contributed by atoms with Gasteiger partial charge in [0.15, 0.2) is 11.7 Å². The van der Waals surface area contributed by atoms with Crippen molar-refractivity contribution in [1.82, 2.24) is 26.6 Å². The molecule has 1 aromatic rings. The number of carbonyl (C=O) groups excluding carboxylic acids is 5. The fourth-order valence-electron chi connectivity index (χ4n) is 4.56. The molecule has 0 spiro atoms. The maximum absolute atomic E-state index is 13.3. The van der Waals surface area contributed by atoms with E-state index in [-0.39, 0.29) is 48.9 Å². The average Bonchev–Trinajstić information content (AvgIpc) is 3.53. The number of aliphatic imine (C=N–C) groups is 1. The van der Waals surface area contributed by atoms with E-state index in [1.165, 1.54) is 12.3 Å². The highest BCUT2D eigenvalue weighted by atomic mass is 16.4. The van der Waals surface area contributed by atoms with Crippen LogP contribution < -0.4 is 38.1 Å². The van der Waals surface area contributed by atoms with Crippen LogP contribution in [0.3, 0.4) is 0 Å². The van der Waals surface area contributed by atoms with Gasteiger partial charge in [-0.25, -0.2) is 4.79 Å². The molecule has 264 valence electrons. The van der Waals surface area contributed by atoms with Crippen LogP contribution >= 0.6 is 0 Å². The number of carboxylic acids is 1. The first kappa shape index (κ1) is 40.4. The van der Waals surface area contributed by atoms with E-state index in [9.17, 15) is 33.9 Å². The first-order valence-corrected chi connectivity index (χ1v) is 15.9. The first-order valence-electron chi connectivity index (χ1n) is 15.9. The van der Waals surface area contributed by atoms with Crippen molar-refractivity contribution in [3.63, 3.8) is 0 Å². The fourth-order valence-corrected chi connectivity index (χ4v) is 4.56. The van der Waals surface area contributed by atoms with Gasteiger partial charge in [-0.3, -0.25) is 29.0 Å². The predicted octanol–water partition coefficient (Wildman–Crippen LogP) is 0.225. The quantitative estimate of drug-likeness (QED) is 0.0504. The van der Waals surface area contributed by atoms with Crippen LogP contribution in [0, 0.1) is 17.8 Å². The molecule has 0 aliphatic rings. The Morgan fingerprint density at radius 3 is 2.00 bits per heavy atom. The van der Waals surface area contributed by atoms with Crippen LogP contribution in [0.15, 0.2) is 27.8 Å². The second kappa shape index (κ2) is 20.5. The topological polar surface area (TPSA) is 260 Å². The Morgan fingerprint density at radius 1 is 0.851 bits per heavy atom. The Morgan fingerprint density at radius 2 is 1.47 bits per heavy atom. The number of nitrogens with zero attached hydrogens (tertiary/aromatic N) is 1. The first-order chi connectivity index (χ1) is 22.0. The van der Waals surface area contributed by atoms with Crippen molar-refractivity contribution in [3.05, 3.63) is 24.2 Å². The lowest BCUT2D eigenvalue weighted by Gasteiger charge is -2.27. The Balaban J connectivity index is 2.98. The molecular formula is C31H52N8O8. The number of rotatable bonds is 21. The smallest absolute Gasteiger partial charge is 0.326 e. The SMILES string of the molecule is CC[C@H](C)[C@H](NC(=O)[C@H](CC(C)C)NC(=O)c1ccco1)C(=O)NCC(=O)N[C@@H](CCCN=C(N)N)C(=O)N[C@@H](CC(C)C)C(=O)O. The number of carbonyl (C=O) groups is 6. The molecule has 0 fully saturated rings. The summed E-state index contributed by atoms with van der Waals surface area (Å²) in [5.41, 5.74) is 10.7. The van der Waals surface area contributed by atoms with E-state index in [2.05, 4.69) is 31.6 Å². The van der Waals surface area contributed by atoms with Gasteiger partial charge in [0, 0.05) is 6.54 Å². The largest absolute Gasteiger partial charge is 0.480 e. The van der Waals surface area contributed by atoms with E-state index in [0.717, 1.165) is 0 Å². The average molecular weight is 665 g/mol. The molecule has 1 heterocycles. The van der Waals surface area contributed by atoms with E-state index in [4.69, 9.17) is 15.9 Å². The molecule has 0 saturated heterocycles. The minimum atomic E-state index is -1.21. The zero-order chi connectivity index (χ0) is 35.7. The van der Waals surface area contributed by atoms with Crippen molar-refractivity contribution >= 4 is 41.5 Å². The molecule has 0 aliphatic carbocycles. The molecule has 0 aliphatic heterocycles. The third-order valence-electron chi connectivity index (χ3n) is 7.21. The van der Waals surface area contributed by atoms with E-state index < -0.39 is 66.2 Å². The van der Waals surface area contributed by atoms with Gasteiger partial charge < -0.3 is 47.6 Å². The number of guanidine groups is 1. The molecule has 0 bridgehead atoms. The third kappa shape index (κ3) is 15.5. The molecule has 5 amide bonds. The molecule has 0 saturated carbocycles. The van der Waals surface area contributed by atoms with E-state index in [0.29, 0.717) is 19.3 Å². The van der Waals surface area contributed by atoms with Gasteiger partial charge in [0.25, 0.3) is 5.91 Å². The second-order valence-corrected chi connectivity index (χ2v) is 12.3. The Hall–Kier alpha value is -4.63. The summed E-state index contributed by atoms with van der Waals surface area (Å²) in [5, 5.41) is 22.4. The third-order valence-corrected chi connectivity index (χ3v) is 7.21. The molecule has 1 rings (SSSR count). The van der Waals surface area contributed by atoms with E-state index in [1.54, 1.807) is 13.0 Å². The van der Waals surface area contributed by atoms with Crippen LogP contribution in [0.4, 0.5) is 0 Å². The number of furan rings is 1. The van der Waals surface area contributed by atoms with Gasteiger partial charge in [0.2, 0.25) is 23.6 Å². The molecule has 1 aromatic heterocycles. The molecule has 0 radical (unpaired) electrons. The van der Waals surface area contributed by atoms with Gasteiger partial charge in [0.1, 0.15) is 24.2 Å². The number of amides is 5. The van der Waals surface area contributed by atoms with E-state index >= 15 is 0 Å². The number of carboxylic acid groups (broad SMARTS) is 1. The Labute approximate surface area is 275 Å². The maximum Gasteiger partial charge on any atom is 0.326 e. The standard InChI is InChI=1S/C31H52N8O8/c1-7-19(6)25(39-27(42)21(14-17(2)3)37-28(43)23-11-9-13-47-23)29(44)35-16-24(40)36-20(10-8-12-34-31(32)33)26(41)38-22(30(45)46)15-18(4)5/h9,11,13,17-22,25H,7-8,10,12,14-16H2,1-6H3,(H,35,44)(H,36,40)(H,37,43)(H,38,41)(H,39,42)(H,45,46)(H4,32,33,34)/t19-,20-,21-,22-,25-/m0/s1. The monoisotopic (exact) mass is 664 g/mol. The lowest BCUT2D eigenvalue weighted by Crippen LogP contribution is -2.57. The summed E-state index contributed by atoms with van der Waals surface area (Å²) in [7, 11) is 0. The summed E-state index contributed by atoms with van der Waals surface area (Å²) in [6.45, 7) is 10.6. The van der Waals surface area contributed by atoms with Crippen LogP contribution in [0.5, 0.6) is 0 Å². The number of hydrogen-bond acceptors (Lipinski definition) is 8. The van der Waals surface area contributed by atoms with Gasteiger partial charge in [-0.2, -0.15) is 0 Å². The maximum atomic E-state index is 13.3. The van der Waals surface area contributed by atoms with Crippen LogP contribution in [-0.2, 0) is 24.0 Å². The van der Waals surface area contributed by atoms with Crippen molar-refractivity contribution in [2.75, 3.05) is 13.1 Å². The Bertz CT molecular complexity index is 1210. The van der Waals surface area contributed by atoms with Gasteiger partial charge in [0.05, 0.1) is 12.8 Å². The molecule has 5 atom stereocenters. The van der Waals surface area contributed by atoms with Crippen LogP contribution in [0.2, 0.25) is 0 Å². The van der Waals surface area contributed by atoms with Crippen LogP contribution in [0.25, 0.3) is 0 Å². The highest BCUT2D eigenvalue weighted by Crippen LogP contribution is 2.12. The van der Waals surface area contributed by atoms with Gasteiger partial charge in [-0.05, 0) is 55.6 Å². The van der Waals surface area contributed by atoms with Crippen LogP contribution in [-0.4, -0.2) is 83.8 Å².